The predicted molar refractivity (Wildman–Crippen MR) is 98.1 cm³/mol. The molecule has 2 rings (SSSR count). The Morgan fingerprint density at radius 2 is 2.00 bits per heavy atom. The maximum atomic E-state index is 12.0. The molecule has 1 saturated heterocycles. The Balaban J connectivity index is 1.69. The van der Waals surface area contributed by atoms with Crippen molar-refractivity contribution < 1.29 is 9.90 Å². The lowest BCUT2D eigenvalue weighted by Gasteiger charge is -2.19. The molecule has 24 heavy (non-hydrogen) atoms. The molecule has 4 nitrogen and oxygen atoms in total. The van der Waals surface area contributed by atoms with Gasteiger partial charge < -0.3 is 10.4 Å². The monoisotopic (exact) mass is 332 g/mol. The lowest BCUT2D eigenvalue weighted by Crippen LogP contribution is -2.37. The zero-order chi connectivity index (χ0) is 17.7. The minimum absolute atomic E-state index is 0.0764. The maximum Gasteiger partial charge on any atom is 0.234 e. The van der Waals surface area contributed by atoms with Crippen LogP contribution >= 0.6 is 0 Å². The van der Waals surface area contributed by atoms with Crippen molar-refractivity contribution in [3.63, 3.8) is 0 Å². The van der Waals surface area contributed by atoms with Gasteiger partial charge in [0.15, 0.2) is 0 Å². The molecule has 1 aliphatic heterocycles. The first-order valence-electron chi connectivity index (χ1n) is 9.02. The largest absolute Gasteiger partial charge is 0.393 e. The summed E-state index contributed by atoms with van der Waals surface area (Å²) in [5.41, 5.74) is 2.75. The van der Waals surface area contributed by atoms with Crippen molar-refractivity contribution in [1.29, 1.82) is 0 Å². The van der Waals surface area contributed by atoms with Crippen molar-refractivity contribution in [2.45, 2.75) is 52.1 Å². The predicted octanol–water partition coefficient (Wildman–Crippen LogP) is 2.35. The van der Waals surface area contributed by atoms with Gasteiger partial charge in [-0.25, -0.2) is 0 Å². The van der Waals surface area contributed by atoms with Crippen molar-refractivity contribution in [3.8, 4) is 0 Å². The van der Waals surface area contributed by atoms with Gasteiger partial charge in [-0.05, 0) is 48.8 Å². The summed E-state index contributed by atoms with van der Waals surface area (Å²) in [6.07, 6.45) is 1.55. The van der Waals surface area contributed by atoms with E-state index in [1.165, 1.54) is 11.1 Å². The van der Waals surface area contributed by atoms with Crippen LogP contribution in [0.4, 0.5) is 0 Å². The van der Waals surface area contributed by atoms with Gasteiger partial charge in [0.2, 0.25) is 5.91 Å². The zero-order valence-corrected chi connectivity index (χ0v) is 15.5. The van der Waals surface area contributed by atoms with E-state index in [1.54, 1.807) is 0 Å². The van der Waals surface area contributed by atoms with E-state index in [-0.39, 0.29) is 17.4 Å². The molecule has 0 aliphatic carbocycles. The third kappa shape index (κ3) is 5.60. The van der Waals surface area contributed by atoms with E-state index >= 15 is 0 Å². The number of aliphatic hydroxyl groups excluding tert-OH is 1. The Morgan fingerprint density at radius 3 is 2.54 bits per heavy atom. The van der Waals surface area contributed by atoms with E-state index in [1.807, 2.05) is 6.92 Å². The quantitative estimate of drug-likeness (QED) is 0.841. The van der Waals surface area contributed by atoms with Crippen LogP contribution in [0.1, 0.15) is 45.2 Å². The van der Waals surface area contributed by atoms with Crippen molar-refractivity contribution in [1.82, 2.24) is 10.2 Å². The van der Waals surface area contributed by atoms with Gasteiger partial charge in [0.05, 0.1) is 12.6 Å². The molecule has 0 radical (unpaired) electrons. The van der Waals surface area contributed by atoms with Gasteiger partial charge in [-0.1, -0.05) is 45.0 Å². The van der Waals surface area contributed by atoms with Gasteiger partial charge in [0.1, 0.15) is 0 Å². The number of rotatable bonds is 6. The fourth-order valence-corrected chi connectivity index (χ4v) is 3.18. The highest BCUT2D eigenvalue weighted by Gasteiger charge is 2.26. The molecule has 1 aliphatic rings. The topological polar surface area (TPSA) is 52.6 Å². The van der Waals surface area contributed by atoms with Gasteiger partial charge in [-0.2, -0.15) is 0 Å². The number of carbonyl (C=O) groups is 1. The van der Waals surface area contributed by atoms with Gasteiger partial charge in [0.25, 0.3) is 0 Å². The van der Waals surface area contributed by atoms with Crippen LogP contribution < -0.4 is 5.32 Å². The highest BCUT2D eigenvalue weighted by atomic mass is 16.3. The normalized spacial score (nSPS) is 20.1. The summed E-state index contributed by atoms with van der Waals surface area (Å²) in [5, 5.41) is 12.6. The molecule has 0 spiro atoms. The van der Waals surface area contributed by atoms with Crippen LogP contribution in [-0.2, 0) is 16.6 Å². The fourth-order valence-electron chi connectivity index (χ4n) is 3.18. The third-order valence-corrected chi connectivity index (χ3v) is 4.91. The minimum atomic E-state index is -0.283. The molecule has 2 unspecified atom stereocenters. The number of hydrogen-bond acceptors (Lipinski definition) is 3. The summed E-state index contributed by atoms with van der Waals surface area (Å²) in [4.78, 5) is 14.2. The van der Waals surface area contributed by atoms with Crippen LogP contribution in [0.15, 0.2) is 24.3 Å². The number of carbonyl (C=O) groups excluding carboxylic acids is 1. The Hall–Kier alpha value is -1.39. The molecular formula is C20H32N2O2. The molecule has 2 N–H and O–H groups in total. The molecular weight excluding hydrogens is 300 g/mol. The van der Waals surface area contributed by atoms with Gasteiger partial charge in [0, 0.05) is 13.1 Å². The van der Waals surface area contributed by atoms with Crippen LogP contribution in [0, 0.1) is 5.92 Å². The second-order valence-electron chi connectivity index (χ2n) is 8.07. The van der Waals surface area contributed by atoms with Crippen molar-refractivity contribution >= 4 is 5.91 Å². The van der Waals surface area contributed by atoms with Crippen LogP contribution in [-0.4, -0.2) is 48.2 Å². The van der Waals surface area contributed by atoms with Crippen molar-refractivity contribution in [3.05, 3.63) is 35.4 Å². The summed E-state index contributed by atoms with van der Waals surface area (Å²) < 4.78 is 0. The van der Waals surface area contributed by atoms with Crippen LogP contribution in [0.25, 0.3) is 0 Å². The number of amides is 1. The molecule has 1 heterocycles. The molecule has 0 saturated carbocycles. The van der Waals surface area contributed by atoms with E-state index in [2.05, 4.69) is 55.3 Å². The van der Waals surface area contributed by atoms with Gasteiger partial charge in [-0.3, -0.25) is 9.69 Å². The van der Waals surface area contributed by atoms with Crippen molar-refractivity contribution in [2.24, 2.45) is 5.92 Å². The molecule has 4 heteroatoms. The summed E-state index contributed by atoms with van der Waals surface area (Å²) in [5.74, 6) is 0.381. The number of nitrogens with one attached hydrogen (secondary N) is 1. The molecule has 1 aromatic carbocycles. The first kappa shape index (κ1) is 18.9. The van der Waals surface area contributed by atoms with Crippen LogP contribution in [0.5, 0.6) is 0 Å². The number of nitrogens with zero attached hydrogens (tertiary/aromatic N) is 1. The van der Waals surface area contributed by atoms with E-state index in [9.17, 15) is 9.90 Å². The average molecular weight is 332 g/mol. The number of aliphatic hydroxyl groups is 1. The first-order chi connectivity index (χ1) is 11.3. The molecule has 1 amide bonds. The SMILES string of the molecule is CC(O)C1CCN(CC(=O)NCCc2ccc(C(C)(C)C)cc2)C1. The standard InChI is InChI=1S/C20H32N2O2/c1-15(23)17-10-12-22(13-17)14-19(24)21-11-9-16-5-7-18(8-6-16)20(2,3)4/h5-8,15,17,23H,9-14H2,1-4H3,(H,21,24). The highest BCUT2D eigenvalue weighted by molar-refractivity contribution is 5.78. The number of hydrogen-bond donors (Lipinski definition) is 2. The van der Waals surface area contributed by atoms with E-state index in [0.29, 0.717) is 19.0 Å². The summed E-state index contributed by atoms with van der Waals surface area (Å²) in [6.45, 7) is 11.3. The molecule has 0 bridgehead atoms. The Bertz CT molecular complexity index is 532. The third-order valence-electron chi connectivity index (χ3n) is 4.91. The van der Waals surface area contributed by atoms with Crippen LogP contribution in [0.3, 0.4) is 0 Å². The minimum Gasteiger partial charge on any atom is -0.393 e. The second kappa shape index (κ2) is 8.13. The summed E-state index contributed by atoms with van der Waals surface area (Å²) in [7, 11) is 0. The average Bonchev–Trinajstić information content (AvgIpc) is 2.95. The summed E-state index contributed by atoms with van der Waals surface area (Å²) in [6, 6.07) is 8.66. The Kier molecular flexibility index (Phi) is 6.41. The molecule has 2 atom stereocenters. The second-order valence-corrected chi connectivity index (χ2v) is 8.07. The van der Waals surface area contributed by atoms with E-state index in [4.69, 9.17) is 0 Å². The van der Waals surface area contributed by atoms with Crippen LogP contribution in [0.2, 0.25) is 0 Å². The smallest absolute Gasteiger partial charge is 0.234 e. The maximum absolute atomic E-state index is 12.0. The molecule has 1 aromatic rings. The Morgan fingerprint density at radius 1 is 1.33 bits per heavy atom. The summed E-state index contributed by atoms with van der Waals surface area (Å²) >= 11 is 0. The number of likely N-dealkylation sites (tertiary alicyclic amines) is 1. The number of benzene rings is 1. The van der Waals surface area contributed by atoms with E-state index in [0.717, 1.165) is 25.9 Å². The van der Waals surface area contributed by atoms with E-state index < -0.39 is 0 Å². The molecule has 0 aromatic heterocycles. The Labute approximate surface area is 146 Å². The zero-order valence-electron chi connectivity index (χ0n) is 15.5. The lowest BCUT2D eigenvalue weighted by atomic mass is 9.86. The van der Waals surface area contributed by atoms with Gasteiger partial charge in [-0.15, -0.1) is 0 Å². The first-order valence-corrected chi connectivity index (χ1v) is 9.02. The van der Waals surface area contributed by atoms with Crippen molar-refractivity contribution in [2.75, 3.05) is 26.2 Å². The highest BCUT2D eigenvalue weighted by Crippen LogP contribution is 2.22. The fraction of sp³-hybridized carbons (Fsp3) is 0.650. The molecule has 1 fully saturated rings. The molecule has 134 valence electrons. The lowest BCUT2D eigenvalue weighted by molar-refractivity contribution is -0.122. The van der Waals surface area contributed by atoms with Gasteiger partial charge >= 0.3 is 0 Å².